The number of benzene rings is 2. The van der Waals surface area contributed by atoms with Gasteiger partial charge in [0.05, 0.1) is 70.5 Å². The van der Waals surface area contributed by atoms with E-state index in [4.69, 9.17) is 32.8 Å². The van der Waals surface area contributed by atoms with Crippen LogP contribution in [0.15, 0.2) is 54.6 Å². The Hall–Kier alpha value is -2.27. The molecule has 2 saturated heterocycles. The quantitative estimate of drug-likeness (QED) is 0.150. The monoisotopic (exact) mass is 628 g/mol. The van der Waals surface area contributed by atoms with Gasteiger partial charge in [0.25, 0.3) is 0 Å². The summed E-state index contributed by atoms with van der Waals surface area (Å²) in [7, 11) is 1.33. The molecule has 8 nitrogen and oxygen atoms in total. The van der Waals surface area contributed by atoms with Crippen LogP contribution in [0.1, 0.15) is 58.1 Å². The van der Waals surface area contributed by atoms with Crippen LogP contribution in [-0.2, 0) is 46.1 Å². The van der Waals surface area contributed by atoms with Crippen molar-refractivity contribution in [3.8, 4) is 5.75 Å². The molecule has 0 saturated carbocycles. The van der Waals surface area contributed by atoms with E-state index in [-0.39, 0.29) is 48.8 Å². The smallest absolute Gasteiger partial charge is 0.308 e. The zero-order chi connectivity index (χ0) is 31.5. The molecule has 2 aliphatic rings. The highest BCUT2D eigenvalue weighted by molar-refractivity contribution is 6.73. The third-order valence-electron chi connectivity index (χ3n) is 9.58. The lowest BCUT2D eigenvalue weighted by molar-refractivity contribution is -0.280. The summed E-state index contributed by atoms with van der Waals surface area (Å²) in [5.74, 6) is 0.453. The second-order valence-corrected chi connectivity index (χ2v) is 16.8. The molecule has 0 unspecified atom stereocenters. The SMILES string of the molecule is CC[Si](CC)(CC)OCC[C@H]1O[C@H]2[C@H](C)[C@@H](OCc3ccc(OC)cc3)[C@H](CC(=O)OC)O[C@H]2C[C@H]1OCc1ccccc1. The van der Waals surface area contributed by atoms with Crippen molar-refractivity contribution >= 4 is 14.3 Å². The maximum Gasteiger partial charge on any atom is 0.308 e. The number of fused-ring (bicyclic) bond motifs is 1. The predicted octanol–water partition coefficient (Wildman–Crippen LogP) is 6.70. The second-order valence-electron chi connectivity index (χ2n) is 12.1. The van der Waals surface area contributed by atoms with Crippen molar-refractivity contribution in [2.75, 3.05) is 20.8 Å². The molecule has 0 aliphatic carbocycles. The first-order valence-electron chi connectivity index (χ1n) is 16.3. The van der Waals surface area contributed by atoms with Gasteiger partial charge in [0.1, 0.15) is 5.75 Å². The first-order valence-corrected chi connectivity index (χ1v) is 18.8. The zero-order valence-corrected chi connectivity index (χ0v) is 28.4. The van der Waals surface area contributed by atoms with Crippen LogP contribution in [0.3, 0.4) is 0 Å². The molecule has 2 fully saturated rings. The Balaban J connectivity index is 1.50. The molecule has 2 aromatic carbocycles. The lowest BCUT2D eigenvalue weighted by Gasteiger charge is -2.51. The van der Waals surface area contributed by atoms with E-state index in [1.165, 1.54) is 7.11 Å². The van der Waals surface area contributed by atoms with Crippen molar-refractivity contribution in [2.24, 2.45) is 5.92 Å². The number of hydrogen-bond donors (Lipinski definition) is 0. The fraction of sp³-hybridized carbons (Fsp3) is 0.629. The summed E-state index contributed by atoms with van der Waals surface area (Å²) in [6.07, 6.45) is 0.0107. The fourth-order valence-corrected chi connectivity index (χ4v) is 9.22. The van der Waals surface area contributed by atoms with Gasteiger partial charge in [0.15, 0.2) is 8.32 Å². The number of rotatable bonds is 16. The van der Waals surface area contributed by atoms with Gasteiger partial charge in [-0.05, 0) is 47.8 Å². The molecule has 44 heavy (non-hydrogen) atoms. The van der Waals surface area contributed by atoms with Crippen molar-refractivity contribution in [1.82, 2.24) is 0 Å². The minimum atomic E-state index is -1.72. The van der Waals surface area contributed by atoms with Gasteiger partial charge in [-0.25, -0.2) is 0 Å². The van der Waals surface area contributed by atoms with Crippen LogP contribution in [-0.4, -0.2) is 71.7 Å². The normalized spacial score (nSPS) is 27.0. The Morgan fingerprint density at radius 2 is 1.52 bits per heavy atom. The van der Waals surface area contributed by atoms with Gasteiger partial charge in [-0.1, -0.05) is 70.2 Å². The van der Waals surface area contributed by atoms with Crippen LogP contribution in [0.2, 0.25) is 18.1 Å². The van der Waals surface area contributed by atoms with Crippen molar-refractivity contribution in [2.45, 2.75) is 115 Å². The summed E-state index contributed by atoms with van der Waals surface area (Å²) >= 11 is 0. The number of ether oxygens (including phenoxy) is 6. The summed E-state index contributed by atoms with van der Waals surface area (Å²) in [6, 6.07) is 21.4. The van der Waals surface area contributed by atoms with E-state index in [1.807, 2.05) is 42.5 Å². The zero-order valence-electron chi connectivity index (χ0n) is 27.4. The Labute approximate surface area is 264 Å². The number of methoxy groups -OCH3 is 2. The fourth-order valence-electron chi connectivity index (χ4n) is 6.55. The average Bonchev–Trinajstić information content (AvgIpc) is 3.06. The highest BCUT2D eigenvalue weighted by atomic mass is 28.4. The maximum absolute atomic E-state index is 12.4. The topological polar surface area (TPSA) is 81.7 Å². The van der Waals surface area contributed by atoms with E-state index in [2.05, 4.69) is 39.8 Å². The third-order valence-corrected chi connectivity index (χ3v) is 14.3. The predicted molar refractivity (Wildman–Crippen MR) is 172 cm³/mol. The number of carbonyl (C=O) groups is 1. The van der Waals surface area contributed by atoms with Gasteiger partial charge in [-0.15, -0.1) is 0 Å². The molecule has 0 bridgehead atoms. The van der Waals surface area contributed by atoms with Crippen molar-refractivity contribution < 1.29 is 37.6 Å². The molecule has 244 valence electrons. The number of esters is 1. The van der Waals surface area contributed by atoms with Crippen LogP contribution < -0.4 is 4.74 Å². The molecule has 0 spiro atoms. The van der Waals surface area contributed by atoms with E-state index in [1.54, 1.807) is 7.11 Å². The Bertz CT molecular complexity index is 1120. The standard InChI is InChI=1S/C35H52O8Si/c1-7-44(8-2,9-3)41-20-19-29-30(39-23-26-13-11-10-12-14-26)21-31-35(43-29)25(4)34(32(42-31)22-33(36)38-6)40-24-27-15-17-28(37-5)18-16-27/h10-18,25,29-32,34-35H,7-9,19-24H2,1-6H3/t25-,29-,30-,31+,32+,34-,35+/m1/s1. The summed E-state index contributed by atoms with van der Waals surface area (Å²) in [5.41, 5.74) is 2.13. The molecule has 7 atom stereocenters. The first-order chi connectivity index (χ1) is 21.3. The highest BCUT2D eigenvalue weighted by Gasteiger charge is 2.51. The minimum absolute atomic E-state index is 0.0180. The van der Waals surface area contributed by atoms with Crippen molar-refractivity contribution in [3.05, 3.63) is 65.7 Å². The molecule has 0 N–H and O–H groups in total. The van der Waals surface area contributed by atoms with Gasteiger partial charge < -0.3 is 32.8 Å². The van der Waals surface area contributed by atoms with E-state index in [0.29, 0.717) is 26.2 Å². The summed E-state index contributed by atoms with van der Waals surface area (Å²) in [4.78, 5) is 12.4. The van der Waals surface area contributed by atoms with Crippen molar-refractivity contribution in [1.29, 1.82) is 0 Å². The van der Waals surface area contributed by atoms with Crippen LogP contribution >= 0.6 is 0 Å². The van der Waals surface area contributed by atoms with E-state index in [9.17, 15) is 4.79 Å². The minimum Gasteiger partial charge on any atom is -0.497 e. The molecular formula is C35H52O8Si. The molecule has 2 heterocycles. The molecule has 0 amide bonds. The van der Waals surface area contributed by atoms with Crippen LogP contribution in [0.5, 0.6) is 5.75 Å². The van der Waals surface area contributed by atoms with Crippen LogP contribution in [0.4, 0.5) is 0 Å². The van der Waals surface area contributed by atoms with Gasteiger partial charge >= 0.3 is 5.97 Å². The summed E-state index contributed by atoms with van der Waals surface area (Å²) in [6.45, 7) is 10.4. The average molecular weight is 629 g/mol. The molecule has 2 aliphatic heterocycles. The number of hydrogen-bond acceptors (Lipinski definition) is 8. The van der Waals surface area contributed by atoms with E-state index in [0.717, 1.165) is 41.4 Å². The number of carbonyl (C=O) groups excluding carboxylic acids is 1. The van der Waals surface area contributed by atoms with Crippen LogP contribution in [0.25, 0.3) is 0 Å². The van der Waals surface area contributed by atoms with E-state index < -0.39 is 14.4 Å². The highest BCUT2D eigenvalue weighted by Crippen LogP contribution is 2.40. The van der Waals surface area contributed by atoms with Gasteiger partial charge in [-0.2, -0.15) is 0 Å². The largest absolute Gasteiger partial charge is 0.497 e. The Morgan fingerprint density at radius 3 is 2.16 bits per heavy atom. The lowest BCUT2D eigenvalue weighted by atomic mass is 9.81. The van der Waals surface area contributed by atoms with Gasteiger partial charge in [-0.3, -0.25) is 4.79 Å². The second kappa shape index (κ2) is 16.9. The molecule has 0 radical (unpaired) electrons. The molecule has 2 aromatic rings. The van der Waals surface area contributed by atoms with Crippen LogP contribution in [0, 0.1) is 5.92 Å². The van der Waals surface area contributed by atoms with Gasteiger partial charge in [0, 0.05) is 18.9 Å². The summed E-state index contributed by atoms with van der Waals surface area (Å²) in [5, 5.41) is 0. The van der Waals surface area contributed by atoms with E-state index >= 15 is 0 Å². The maximum atomic E-state index is 12.4. The van der Waals surface area contributed by atoms with Crippen molar-refractivity contribution in [3.63, 3.8) is 0 Å². The molecular weight excluding hydrogens is 576 g/mol. The molecule has 4 rings (SSSR count). The third kappa shape index (κ3) is 8.92. The summed E-state index contributed by atoms with van der Waals surface area (Å²) < 4.78 is 43.5. The Morgan fingerprint density at radius 1 is 0.864 bits per heavy atom. The lowest BCUT2D eigenvalue weighted by Crippen LogP contribution is -2.61. The van der Waals surface area contributed by atoms with Gasteiger partial charge in [0.2, 0.25) is 0 Å². The molecule has 9 heteroatoms. The molecule has 0 aromatic heterocycles. The first kappa shape index (κ1) is 34.6. The Kier molecular flexibility index (Phi) is 13.3.